The first-order valence-corrected chi connectivity index (χ1v) is 4.62. The second kappa shape index (κ2) is 3.47. The molecule has 1 N–H and O–H groups in total. The lowest BCUT2D eigenvalue weighted by atomic mass is 10.0. The first kappa shape index (κ1) is 9.86. The number of carbonyl (C=O) groups excluding carboxylic acids is 3. The molecule has 0 bridgehead atoms. The fourth-order valence-electron chi connectivity index (χ4n) is 1.49. The molecule has 1 aliphatic rings. The number of hydrogen-bond acceptors (Lipinski definition) is 3. The Bertz CT molecular complexity index is 482. The Balaban J connectivity index is 2.42. The van der Waals surface area contributed by atoms with Crippen LogP contribution in [-0.4, -0.2) is 17.1 Å². The molecule has 0 aromatic heterocycles. The zero-order chi connectivity index (χ0) is 11.0. The molecule has 0 atom stereocenters. The summed E-state index contributed by atoms with van der Waals surface area (Å²) in [5.74, 6) is -0.836. The number of hydrogen-bond donors (Lipinski definition) is 1. The first-order valence-electron chi connectivity index (χ1n) is 4.25. The molecular weight excluding hydrogens is 218 g/mol. The van der Waals surface area contributed by atoms with Crippen LogP contribution in [-0.2, 0) is 11.2 Å². The van der Waals surface area contributed by atoms with Crippen molar-refractivity contribution >= 4 is 28.7 Å². The van der Waals surface area contributed by atoms with Crippen molar-refractivity contribution in [3.63, 3.8) is 0 Å². The maximum absolute atomic E-state index is 11.3. The lowest BCUT2D eigenvalue weighted by molar-refractivity contribution is -0.111. The van der Waals surface area contributed by atoms with Crippen molar-refractivity contribution in [3.8, 4) is 0 Å². The Labute approximate surface area is 90.2 Å². The number of imide groups is 1. The number of carbonyl (C=O) groups is 3. The van der Waals surface area contributed by atoms with Gasteiger partial charge < -0.3 is 0 Å². The average Bonchev–Trinajstić information content (AvgIpc) is 2.41. The molecule has 1 aromatic rings. The third-order valence-electron chi connectivity index (χ3n) is 2.14. The van der Waals surface area contributed by atoms with Gasteiger partial charge in [-0.15, -0.1) is 0 Å². The molecule has 1 heterocycles. The van der Waals surface area contributed by atoms with Crippen LogP contribution in [0.3, 0.4) is 0 Å². The number of fused-ring (bicyclic) bond motifs is 1. The summed E-state index contributed by atoms with van der Waals surface area (Å²) in [6.45, 7) is 0. The average molecular weight is 224 g/mol. The summed E-state index contributed by atoms with van der Waals surface area (Å²) in [5.41, 5.74) is 1.26. The van der Waals surface area contributed by atoms with Crippen LogP contribution in [0.4, 0.5) is 0 Å². The van der Waals surface area contributed by atoms with Crippen molar-refractivity contribution in [1.29, 1.82) is 0 Å². The summed E-state index contributed by atoms with van der Waals surface area (Å²) < 4.78 is 0. The molecule has 0 aliphatic carbocycles. The number of halogens is 1. The highest BCUT2D eigenvalue weighted by Crippen LogP contribution is 2.17. The van der Waals surface area contributed by atoms with Crippen molar-refractivity contribution in [2.24, 2.45) is 0 Å². The largest absolute Gasteiger partial charge is 0.288 e. The molecule has 0 fully saturated rings. The standard InChI is InChI=1S/C10H6ClNO3/c11-8(13)4-5-1-2-6-7(3-5)10(15)12-9(6)14/h1-3H,4H2,(H,12,14,15). The van der Waals surface area contributed by atoms with Gasteiger partial charge in [0.1, 0.15) is 0 Å². The molecule has 15 heavy (non-hydrogen) atoms. The van der Waals surface area contributed by atoms with Gasteiger partial charge in [-0.05, 0) is 29.3 Å². The van der Waals surface area contributed by atoms with Crippen LogP contribution in [0.25, 0.3) is 0 Å². The predicted molar refractivity (Wildman–Crippen MR) is 52.8 cm³/mol. The minimum Gasteiger partial charge on any atom is -0.288 e. The molecular formula is C10H6ClNO3. The SMILES string of the molecule is O=C(Cl)Cc1ccc2c(c1)C(=O)NC2=O. The molecule has 76 valence electrons. The van der Waals surface area contributed by atoms with Crippen LogP contribution in [0.2, 0.25) is 0 Å². The van der Waals surface area contributed by atoms with E-state index in [0.717, 1.165) is 0 Å². The van der Waals surface area contributed by atoms with Crippen LogP contribution in [0.1, 0.15) is 26.3 Å². The molecule has 2 amide bonds. The topological polar surface area (TPSA) is 63.2 Å². The highest BCUT2D eigenvalue weighted by atomic mass is 35.5. The van der Waals surface area contributed by atoms with E-state index in [4.69, 9.17) is 11.6 Å². The molecule has 1 aliphatic heterocycles. The molecule has 0 radical (unpaired) electrons. The van der Waals surface area contributed by atoms with Gasteiger partial charge in [0.25, 0.3) is 11.8 Å². The highest BCUT2D eigenvalue weighted by Gasteiger charge is 2.26. The third kappa shape index (κ3) is 1.76. The minimum atomic E-state index is -0.500. The fraction of sp³-hybridized carbons (Fsp3) is 0.100. The second-order valence-electron chi connectivity index (χ2n) is 3.20. The molecule has 5 heteroatoms. The first-order chi connectivity index (χ1) is 7.08. The van der Waals surface area contributed by atoms with E-state index in [2.05, 4.69) is 5.32 Å². The van der Waals surface area contributed by atoms with Crippen molar-refractivity contribution < 1.29 is 14.4 Å². The number of nitrogens with one attached hydrogen (secondary N) is 1. The quantitative estimate of drug-likeness (QED) is 0.598. The second-order valence-corrected chi connectivity index (χ2v) is 3.62. The molecule has 4 nitrogen and oxygen atoms in total. The van der Waals surface area contributed by atoms with Crippen LogP contribution >= 0.6 is 11.6 Å². The number of benzene rings is 1. The summed E-state index contributed by atoms with van der Waals surface area (Å²) in [5, 5.41) is 1.67. The summed E-state index contributed by atoms with van der Waals surface area (Å²) in [7, 11) is 0. The van der Waals surface area contributed by atoms with Gasteiger partial charge in [-0.25, -0.2) is 0 Å². The summed E-state index contributed by atoms with van der Waals surface area (Å²) in [6.07, 6.45) is 0.0519. The van der Waals surface area contributed by atoms with E-state index < -0.39 is 17.1 Å². The smallest absolute Gasteiger partial charge is 0.258 e. The summed E-state index contributed by atoms with van der Waals surface area (Å²) in [6, 6.07) is 4.64. The van der Waals surface area contributed by atoms with Gasteiger partial charge in [-0.3, -0.25) is 19.7 Å². The Hall–Kier alpha value is -1.68. The third-order valence-corrected chi connectivity index (χ3v) is 2.28. The van der Waals surface area contributed by atoms with E-state index in [0.29, 0.717) is 16.7 Å². The summed E-state index contributed by atoms with van der Waals surface area (Å²) >= 11 is 5.22. The van der Waals surface area contributed by atoms with Crippen molar-refractivity contribution in [3.05, 3.63) is 34.9 Å². The maximum Gasteiger partial charge on any atom is 0.258 e. The van der Waals surface area contributed by atoms with E-state index in [9.17, 15) is 14.4 Å². The predicted octanol–water partition coefficient (Wildman–Crippen LogP) is 0.878. The number of rotatable bonds is 2. The molecule has 1 aromatic carbocycles. The van der Waals surface area contributed by atoms with Gasteiger partial charge in [-0.2, -0.15) is 0 Å². The molecule has 0 saturated heterocycles. The zero-order valence-corrected chi connectivity index (χ0v) is 8.30. The van der Waals surface area contributed by atoms with E-state index in [1.165, 1.54) is 12.1 Å². The van der Waals surface area contributed by atoms with Crippen molar-refractivity contribution in [2.75, 3.05) is 0 Å². The Kier molecular flexibility index (Phi) is 2.28. The maximum atomic E-state index is 11.3. The molecule has 0 unspecified atom stereocenters. The van der Waals surface area contributed by atoms with Crippen LogP contribution in [0, 0.1) is 0 Å². The van der Waals surface area contributed by atoms with Gasteiger partial charge in [0, 0.05) is 6.42 Å². The fourth-order valence-corrected chi connectivity index (χ4v) is 1.64. The van der Waals surface area contributed by atoms with E-state index in [1.54, 1.807) is 6.07 Å². The lowest BCUT2D eigenvalue weighted by Crippen LogP contribution is -2.19. The van der Waals surface area contributed by atoms with E-state index in [-0.39, 0.29) is 6.42 Å². The van der Waals surface area contributed by atoms with Gasteiger partial charge in [0.2, 0.25) is 5.24 Å². The van der Waals surface area contributed by atoms with E-state index >= 15 is 0 Å². The monoisotopic (exact) mass is 223 g/mol. The Morgan fingerprint density at radius 1 is 1.20 bits per heavy atom. The van der Waals surface area contributed by atoms with Crippen LogP contribution < -0.4 is 5.32 Å². The van der Waals surface area contributed by atoms with Crippen LogP contribution in [0.15, 0.2) is 18.2 Å². The van der Waals surface area contributed by atoms with Crippen molar-refractivity contribution in [2.45, 2.75) is 6.42 Å². The van der Waals surface area contributed by atoms with Gasteiger partial charge in [0.05, 0.1) is 11.1 Å². The van der Waals surface area contributed by atoms with Gasteiger partial charge >= 0.3 is 0 Å². The van der Waals surface area contributed by atoms with Crippen molar-refractivity contribution in [1.82, 2.24) is 5.32 Å². The van der Waals surface area contributed by atoms with E-state index in [1.807, 2.05) is 0 Å². The normalized spacial score (nSPS) is 13.7. The highest BCUT2D eigenvalue weighted by molar-refractivity contribution is 6.63. The molecule has 2 rings (SSSR count). The Morgan fingerprint density at radius 3 is 2.53 bits per heavy atom. The zero-order valence-electron chi connectivity index (χ0n) is 7.54. The molecule has 0 spiro atoms. The minimum absolute atomic E-state index is 0.0519. The van der Waals surface area contributed by atoms with Crippen LogP contribution in [0.5, 0.6) is 0 Å². The molecule has 0 saturated carbocycles. The Morgan fingerprint density at radius 2 is 1.87 bits per heavy atom. The summed E-state index contributed by atoms with van der Waals surface area (Å²) in [4.78, 5) is 33.1. The van der Waals surface area contributed by atoms with Gasteiger partial charge in [-0.1, -0.05) is 6.07 Å². The lowest BCUT2D eigenvalue weighted by Gasteiger charge is -1.98. The van der Waals surface area contributed by atoms with Gasteiger partial charge in [0.15, 0.2) is 0 Å². The number of amides is 2.